The van der Waals surface area contributed by atoms with Crippen LogP contribution in [0.4, 0.5) is 0 Å². The van der Waals surface area contributed by atoms with E-state index in [2.05, 4.69) is 30.4 Å². The van der Waals surface area contributed by atoms with E-state index >= 15 is 0 Å². The maximum absolute atomic E-state index is 12.2. The molecule has 0 aromatic heterocycles. The Balaban J connectivity index is 1.45. The number of rotatable bonds is 6. The first-order valence-electron chi connectivity index (χ1n) is 8.77. The fourth-order valence-electron chi connectivity index (χ4n) is 3.32. The molecule has 1 N–H and O–H groups in total. The maximum atomic E-state index is 12.2. The highest BCUT2D eigenvalue weighted by Gasteiger charge is 2.31. The standard InChI is InChI=1S/C21H24N2O2/c1-16-6-5-7-17(12-16)10-11-22-20(24)15-23-14-19(13-21(23)25)18-8-3-2-4-9-18/h2-9,12,19H,10-11,13-15H2,1H3,(H,22,24). The zero-order valence-electron chi connectivity index (χ0n) is 14.6. The molecule has 0 bridgehead atoms. The largest absolute Gasteiger partial charge is 0.354 e. The van der Waals surface area contributed by atoms with Crippen LogP contribution < -0.4 is 5.32 Å². The van der Waals surface area contributed by atoms with Crippen LogP contribution in [0.2, 0.25) is 0 Å². The van der Waals surface area contributed by atoms with Gasteiger partial charge in [-0.05, 0) is 24.5 Å². The van der Waals surface area contributed by atoms with E-state index in [1.807, 2.05) is 36.4 Å². The molecule has 1 aliphatic rings. The summed E-state index contributed by atoms with van der Waals surface area (Å²) in [5.74, 6) is 0.159. The van der Waals surface area contributed by atoms with Crippen molar-refractivity contribution in [3.05, 3.63) is 71.3 Å². The zero-order valence-corrected chi connectivity index (χ0v) is 14.6. The molecule has 1 aliphatic heterocycles. The number of carbonyl (C=O) groups excluding carboxylic acids is 2. The second kappa shape index (κ2) is 7.97. The first kappa shape index (κ1) is 17.2. The lowest BCUT2D eigenvalue weighted by molar-refractivity contribution is -0.133. The molecule has 0 aliphatic carbocycles. The van der Waals surface area contributed by atoms with Gasteiger partial charge in [-0.3, -0.25) is 9.59 Å². The molecular weight excluding hydrogens is 312 g/mol. The van der Waals surface area contributed by atoms with E-state index in [4.69, 9.17) is 0 Å². The summed E-state index contributed by atoms with van der Waals surface area (Å²) in [7, 11) is 0. The van der Waals surface area contributed by atoms with E-state index in [1.54, 1.807) is 4.90 Å². The predicted molar refractivity (Wildman–Crippen MR) is 98.3 cm³/mol. The number of hydrogen-bond acceptors (Lipinski definition) is 2. The van der Waals surface area contributed by atoms with Crippen LogP contribution >= 0.6 is 0 Å². The molecule has 1 atom stereocenters. The van der Waals surface area contributed by atoms with Crippen LogP contribution in [-0.2, 0) is 16.0 Å². The molecule has 1 fully saturated rings. The lowest BCUT2D eigenvalue weighted by atomic mass is 9.99. The van der Waals surface area contributed by atoms with Gasteiger partial charge in [-0.25, -0.2) is 0 Å². The molecule has 4 heteroatoms. The number of benzene rings is 2. The van der Waals surface area contributed by atoms with Gasteiger partial charge in [0.1, 0.15) is 0 Å². The van der Waals surface area contributed by atoms with Crippen molar-refractivity contribution >= 4 is 11.8 Å². The van der Waals surface area contributed by atoms with Gasteiger partial charge in [0.05, 0.1) is 6.54 Å². The van der Waals surface area contributed by atoms with Crippen LogP contribution in [0.15, 0.2) is 54.6 Å². The second-order valence-corrected chi connectivity index (χ2v) is 6.67. The Kier molecular flexibility index (Phi) is 5.49. The van der Waals surface area contributed by atoms with Crippen LogP contribution in [0.3, 0.4) is 0 Å². The van der Waals surface area contributed by atoms with Gasteiger partial charge >= 0.3 is 0 Å². The molecule has 0 radical (unpaired) electrons. The van der Waals surface area contributed by atoms with Gasteiger partial charge in [-0.1, -0.05) is 60.2 Å². The summed E-state index contributed by atoms with van der Waals surface area (Å²) in [6.07, 6.45) is 1.29. The van der Waals surface area contributed by atoms with Crippen LogP contribution in [0.25, 0.3) is 0 Å². The van der Waals surface area contributed by atoms with E-state index < -0.39 is 0 Å². The summed E-state index contributed by atoms with van der Waals surface area (Å²) in [6.45, 7) is 3.42. The number of aryl methyl sites for hydroxylation is 1. The summed E-state index contributed by atoms with van der Waals surface area (Å²) >= 11 is 0. The molecule has 130 valence electrons. The lowest BCUT2D eigenvalue weighted by Crippen LogP contribution is -2.38. The Hall–Kier alpha value is -2.62. The summed E-state index contributed by atoms with van der Waals surface area (Å²) < 4.78 is 0. The minimum absolute atomic E-state index is 0.0580. The molecule has 4 nitrogen and oxygen atoms in total. The number of likely N-dealkylation sites (tertiary alicyclic amines) is 1. The molecule has 1 saturated heterocycles. The Morgan fingerprint density at radius 3 is 2.72 bits per heavy atom. The van der Waals surface area contributed by atoms with Gasteiger partial charge in [-0.15, -0.1) is 0 Å². The third-order valence-corrected chi connectivity index (χ3v) is 4.64. The van der Waals surface area contributed by atoms with Gasteiger partial charge in [0, 0.05) is 25.4 Å². The van der Waals surface area contributed by atoms with E-state index in [-0.39, 0.29) is 24.3 Å². The lowest BCUT2D eigenvalue weighted by Gasteiger charge is -2.16. The molecule has 1 heterocycles. The van der Waals surface area contributed by atoms with Gasteiger partial charge in [0.2, 0.25) is 11.8 Å². The van der Waals surface area contributed by atoms with Crippen molar-refractivity contribution in [3.63, 3.8) is 0 Å². The summed E-state index contributed by atoms with van der Waals surface area (Å²) in [5.41, 5.74) is 3.60. The number of amides is 2. The van der Waals surface area contributed by atoms with Crippen molar-refractivity contribution in [1.29, 1.82) is 0 Å². The van der Waals surface area contributed by atoms with Crippen molar-refractivity contribution in [1.82, 2.24) is 10.2 Å². The Morgan fingerprint density at radius 1 is 1.16 bits per heavy atom. The first-order chi connectivity index (χ1) is 12.1. The van der Waals surface area contributed by atoms with E-state index in [0.29, 0.717) is 19.5 Å². The van der Waals surface area contributed by atoms with Crippen LogP contribution in [0.1, 0.15) is 29.0 Å². The molecule has 3 rings (SSSR count). The maximum Gasteiger partial charge on any atom is 0.239 e. The Labute approximate surface area is 148 Å². The fourth-order valence-corrected chi connectivity index (χ4v) is 3.32. The average Bonchev–Trinajstić information content (AvgIpc) is 2.96. The third-order valence-electron chi connectivity index (χ3n) is 4.64. The van der Waals surface area contributed by atoms with Crippen molar-refractivity contribution in [2.45, 2.75) is 25.7 Å². The van der Waals surface area contributed by atoms with E-state index in [0.717, 1.165) is 6.42 Å². The van der Waals surface area contributed by atoms with Gasteiger partial charge in [0.25, 0.3) is 0 Å². The number of nitrogens with zero attached hydrogens (tertiary/aromatic N) is 1. The fraction of sp³-hybridized carbons (Fsp3) is 0.333. The number of nitrogens with one attached hydrogen (secondary N) is 1. The molecule has 25 heavy (non-hydrogen) atoms. The Morgan fingerprint density at radius 2 is 1.96 bits per heavy atom. The monoisotopic (exact) mass is 336 g/mol. The smallest absolute Gasteiger partial charge is 0.239 e. The van der Waals surface area contributed by atoms with Crippen LogP contribution in [-0.4, -0.2) is 36.3 Å². The highest BCUT2D eigenvalue weighted by molar-refractivity contribution is 5.86. The topological polar surface area (TPSA) is 49.4 Å². The number of hydrogen-bond donors (Lipinski definition) is 1. The molecule has 0 spiro atoms. The second-order valence-electron chi connectivity index (χ2n) is 6.67. The molecule has 0 saturated carbocycles. The highest BCUT2D eigenvalue weighted by Crippen LogP contribution is 2.27. The van der Waals surface area contributed by atoms with Crippen molar-refractivity contribution < 1.29 is 9.59 Å². The summed E-state index contributed by atoms with van der Waals surface area (Å²) in [6, 6.07) is 18.3. The SMILES string of the molecule is Cc1cccc(CCNC(=O)CN2CC(c3ccccc3)CC2=O)c1. The highest BCUT2D eigenvalue weighted by atomic mass is 16.2. The third kappa shape index (κ3) is 4.69. The zero-order chi connectivity index (χ0) is 17.6. The van der Waals surface area contributed by atoms with Gasteiger partial charge in [-0.2, -0.15) is 0 Å². The summed E-state index contributed by atoms with van der Waals surface area (Å²) in [5, 5.41) is 2.92. The molecule has 1 unspecified atom stereocenters. The van der Waals surface area contributed by atoms with Crippen molar-refractivity contribution in [2.75, 3.05) is 19.6 Å². The molecule has 2 aromatic carbocycles. The molecule has 2 aromatic rings. The van der Waals surface area contributed by atoms with Crippen LogP contribution in [0.5, 0.6) is 0 Å². The quantitative estimate of drug-likeness (QED) is 0.882. The minimum Gasteiger partial charge on any atom is -0.354 e. The molecule has 2 amide bonds. The van der Waals surface area contributed by atoms with Gasteiger partial charge in [0.15, 0.2) is 0 Å². The van der Waals surface area contributed by atoms with Crippen molar-refractivity contribution in [2.24, 2.45) is 0 Å². The first-order valence-corrected chi connectivity index (χ1v) is 8.77. The van der Waals surface area contributed by atoms with Crippen LogP contribution in [0, 0.1) is 6.92 Å². The predicted octanol–water partition coefficient (Wildman–Crippen LogP) is 2.67. The minimum atomic E-state index is -0.0882. The molecular formula is C21H24N2O2. The van der Waals surface area contributed by atoms with Crippen molar-refractivity contribution in [3.8, 4) is 0 Å². The Bertz CT molecular complexity index is 743. The summed E-state index contributed by atoms with van der Waals surface area (Å²) in [4.78, 5) is 26.0. The number of carbonyl (C=O) groups is 2. The normalized spacial score (nSPS) is 16.9. The van der Waals surface area contributed by atoms with E-state index in [9.17, 15) is 9.59 Å². The van der Waals surface area contributed by atoms with E-state index in [1.165, 1.54) is 16.7 Å². The van der Waals surface area contributed by atoms with Gasteiger partial charge < -0.3 is 10.2 Å². The average molecular weight is 336 g/mol.